The molecule has 0 fully saturated rings. The van der Waals surface area contributed by atoms with Gasteiger partial charge in [0.25, 0.3) is 0 Å². The Morgan fingerprint density at radius 3 is 2.32 bits per heavy atom. The first-order valence-corrected chi connectivity index (χ1v) is 6.06. The minimum absolute atomic E-state index is 0.363. The Morgan fingerprint density at radius 1 is 1.00 bits per heavy atom. The topological polar surface area (TPSA) is 58.9 Å². The Bertz CT molecular complexity index is 656. The Hall–Kier alpha value is -2.55. The number of benzene rings is 2. The van der Waals surface area contributed by atoms with Crippen molar-refractivity contribution in [1.29, 1.82) is 0 Å². The van der Waals surface area contributed by atoms with Gasteiger partial charge in [-0.25, -0.2) is 0 Å². The van der Waals surface area contributed by atoms with Crippen LogP contribution < -0.4 is 5.73 Å². The Kier molecular flexibility index (Phi) is 3.98. The molecule has 1 heterocycles. The number of aromatic nitrogens is 1. The van der Waals surface area contributed by atoms with Crippen molar-refractivity contribution in [2.45, 2.75) is 6.92 Å². The van der Waals surface area contributed by atoms with Crippen LogP contribution >= 0.6 is 0 Å². The van der Waals surface area contributed by atoms with Crippen LogP contribution in [0.3, 0.4) is 0 Å². The van der Waals surface area contributed by atoms with Gasteiger partial charge in [0.15, 0.2) is 0 Å². The molecule has 3 aromatic rings. The quantitative estimate of drug-likeness (QED) is 0.686. The number of nitrogens with two attached hydrogens (primary N) is 1. The molecular formula is C16H16N2O. The number of carbonyl (C=O) groups is 1. The van der Waals surface area contributed by atoms with Gasteiger partial charge in [-0.05, 0) is 36.1 Å². The molecule has 0 saturated heterocycles. The average molecular weight is 252 g/mol. The standard InChI is InChI=1S/C8H9NO.C8H7N/c1-6-4-2-3-5-7(6)8(9)10;1-2-4-8-7(3-1)5-6-9-8/h2-5H,1H3,(H2,9,10);1-6,9H. The third-order valence-corrected chi connectivity index (χ3v) is 2.87. The number of carbonyl (C=O) groups excluding carboxylic acids is 1. The number of hydrogen-bond donors (Lipinski definition) is 2. The van der Waals surface area contributed by atoms with Crippen LogP contribution in [0.4, 0.5) is 0 Å². The number of para-hydroxylation sites is 1. The van der Waals surface area contributed by atoms with Gasteiger partial charge in [0.05, 0.1) is 0 Å². The van der Waals surface area contributed by atoms with Gasteiger partial charge < -0.3 is 10.7 Å². The molecule has 0 aliphatic heterocycles. The maximum atomic E-state index is 10.6. The summed E-state index contributed by atoms with van der Waals surface area (Å²) in [4.78, 5) is 13.8. The second-order valence-electron chi connectivity index (χ2n) is 4.24. The molecule has 1 aromatic heterocycles. The van der Waals surface area contributed by atoms with Crippen LogP contribution in [-0.2, 0) is 0 Å². The molecule has 3 heteroatoms. The number of aryl methyl sites for hydroxylation is 1. The highest BCUT2D eigenvalue weighted by atomic mass is 16.1. The maximum Gasteiger partial charge on any atom is 0.248 e. The number of hydrogen-bond acceptors (Lipinski definition) is 1. The number of primary amides is 1. The largest absolute Gasteiger partial charge is 0.366 e. The third kappa shape index (κ3) is 3.22. The molecule has 2 aromatic carbocycles. The van der Waals surface area contributed by atoms with Crippen molar-refractivity contribution in [1.82, 2.24) is 4.98 Å². The van der Waals surface area contributed by atoms with E-state index in [1.54, 1.807) is 12.1 Å². The molecule has 0 unspecified atom stereocenters. The minimum atomic E-state index is -0.363. The lowest BCUT2D eigenvalue weighted by Gasteiger charge is -1.97. The molecule has 3 rings (SSSR count). The molecule has 96 valence electrons. The second-order valence-corrected chi connectivity index (χ2v) is 4.24. The van der Waals surface area contributed by atoms with Gasteiger partial charge in [0, 0.05) is 17.3 Å². The number of H-pyrrole nitrogens is 1. The summed E-state index contributed by atoms with van der Waals surface area (Å²) in [6, 6.07) is 17.5. The summed E-state index contributed by atoms with van der Waals surface area (Å²) in [5, 5.41) is 1.28. The molecule has 0 aliphatic rings. The van der Waals surface area contributed by atoms with Crippen molar-refractivity contribution in [2.24, 2.45) is 5.73 Å². The Balaban J connectivity index is 0.000000141. The first-order chi connectivity index (χ1) is 9.18. The molecule has 0 atom stereocenters. The van der Waals surface area contributed by atoms with E-state index in [1.165, 1.54) is 10.9 Å². The van der Waals surface area contributed by atoms with Gasteiger partial charge in [-0.15, -0.1) is 0 Å². The lowest BCUT2D eigenvalue weighted by molar-refractivity contribution is 0.0999. The number of fused-ring (bicyclic) bond motifs is 1. The lowest BCUT2D eigenvalue weighted by Crippen LogP contribution is -2.12. The fourth-order valence-corrected chi connectivity index (χ4v) is 1.84. The average Bonchev–Trinajstić information content (AvgIpc) is 2.88. The Labute approximate surface area is 112 Å². The summed E-state index contributed by atoms with van der Waals surface area (Å²) in [7, 11) is 0. The third-order valence-electron chi connectivity index (χ3n) is 2.87. The van der Waals surface area contributed by atoms with Gasteiger partial charge in [0.1, 0.15) is 0 Å². The van der Waals surface area contributed by atoms with Crippen LogP contribution in [0.25, 0.3) is 10.9 Å². The van der Waals surface area contributed by atoms with Crippen molar-refractivity contribution in [2.75, 3.05) is 0 Å². The molecule has 0 spiro atoms. The monoisotopic (exact) mass is 252 g/mol. The van der Waals surface area contributed by atoms with E-state index >= 15 is 0 Å². The van der Waals surface area contributed by atoms with E-state index in [9.17, 15) is 4.79 Å². The normalized spacial score (nSPS) is 9.74. The van der Waals surface area contributed by atoms with Gasteiger partial charge in [0.2, 0.25) is 5.91 Å². The van der Waals surface area contributed by atoms with E-state index in [4.69, 9.17) is 5.73 Å². The highest BCUT2D eigenvalue weighted by Gasteiger charge is 2.00. The van der Waals surface area contributed by atoms with E-state index in [1.807, 2.05) is 37.4 Å². The van der Waals surface area contributed by atoms with Crippen molar-refractivity contribution in [3.63, 3.8) is 0 Å². The van der Waals surface area contributed by atoms with Gasteiger partial charge >= 0.3 is 0 Å². The number of nitrogens with one attached hydrogen (secondary N) is 1. The van der Waals surface area contributed by atoms with Crippen molar-refractivity contribution >= 4 is 16.8 Å². The highest BCUT2D eigenvalue weighted by molar-refractivity contribution is 5.94. The zero-order chi connectivity index (χ0) is 13.7. The van der Waals surface area contributed by atoms with Gasteiger partial charge in [-0.1, -0.05) is 36.4 Å². The van der Waals surface area contributed by atoms with Crippen LogP contribution in [0, 0.1) is 6.92 Å². The summed E-state index contributed by atoms with van der Waals surface area (Å²) in [6.45, 7) is 1.86. The van der Waals surface area contributed by atoms with E-state index in [0.29, 0.717) is 5.56 Å². The zero-order valence-electron chi connectivity index (χ0n) is 10.8. The van der Waals surface area contributed by atoms with Crippen LogP contribution in [0.1, 0.15) is 15.9 Å². The molecule has 3 nitrogen and oxygen atoms in total. The first kappa shape index (κ1) is 12.9. The fourth-order valence-electron chi connectivity index (χ4n) is 1.84. The van der Waals surface area contributed by atoms with E-state index in [0.717, 1.165) is 5.56 Å². The van der Waals surface area contributed by atoms with Crippen molar-refractivity contribution in [3.05, 3.63) is 71.9 Å². The summed E-state index contributed by atoms with van der Waals surface area (Å²) < 4.78 is 0. The van der Waals surface area contributed by atoms with Gasteiger partial charge in [-0.2, -0.15) is 0 Å². The van der Waals surface area contributed by atoms with Crippen molar-refractivity contribution in [3.8, 4) is 0 Å². The minimum Gasteiger partial charge on any atom is -0.366 e. The predicted octanol–water partition coefficient (Wildman–Crippen LogP) is 3.26. The number of aromatic amines is 1. The highest BCUT2D eigenvalue weighted by Crippen LogP contribution is 2.09. The second kappa shape index (κ2) is 5.87. The van der Waals surface area contributed by atoms with Gasteiger partial charge in [-0.3, -0.25) is 4.79 Å². The molecule has 0 radical (unpaired) electrons. The predicted molar refractivity (Wildman–Crippen MR) is 78.0 cm³/mol. The lowest BCUT2D eigenvalue weighted by atomic mass is 10.1. The maximum absolute atomic E-state index is 10.6. The van der Waals surface area contributed by atoms with Crippen LogP contribution in [0.15, 0.2) is 60.8 Å². The Morgan fingerprint density at radius 2 is 1.68 bits per heavy atom. The summed E-state index contributed by atoms with van der Waals surface area (Å²) in [6.07, 6.45) is 1.95. The zero-order valence-corrected chi connectivity index (χ0v) is 10.8. The molecular weight excluding hydrogens is 236 g/mol. The van der Waals surface area contributed by atoms with Crippen molar-refractivity contribution < 1.29 is 4.79 Å². The smallest absolute Gasteiger partial charge is 0.248 e. The van der Waals surface area contributed by atoms with Crippen LogP contribution in [0.2, 0.25) is 0 Å². The number of amides is 1. The van der Waals surface area contributed by atoms with Crippen LogP contribution in [0.5, 0.6) is 0 Å². The summed E-state index contributed by atoms with van der Waals surface area (Å²) in [5.74, 6) is -0.363. The SMILES string of the molecule is Cc1ccccc1C(N)=O.c1ccc2[nH]ccc2c1. The molecule has 1 amide bonds. The molecule has 0 bridgehead atoms. The van der Waals surface area contributed by atoms with E-state index in [2.05, 4.69) is 23.2 Å². The summed E-state index contributed by atoms with van der Waals surface area (Å²) >= 11 is 0. The molecule has 0 saturated carbocycles. The first-order valence-electron chi connectivity index (χ1n) is 6.06. The van der Waals surface area contributed by atoms with E-state index < -0.39 is 0 Å². The van der Waals surface area contributed by atoms with E-state index in [-0.39, 0.29) is 5.91 Å². The summed E-state index contributed by atoms with van der Waals surface area (Å²) in [5.41, 5.74) is 7.81. The molecule has 0 aliphatic carbocycles. The fraction of sp³-hybridized carbons (Fsp3) is 0.0625. The number of rotatable bonds is 1. The molecule has 3 N–H and O–H groups in total. The van der Waals surface area contributed by atoms with Crippen LogP contribution in [-0.4, -0.2) is 10.9 Å². The molecule has 19 heavy (non-hydrogen) atoms.